The van der Waals surface area contributed by atoms with Crippen LogP contribution in [0, 0.1) is 11.3 Å². The van der Waals surface area contributed by atoms with E-state index in [-0.39, 0.29) is 0 Å². The first-order valence-electron chi connectivity index (χ1n) is 4.59. The Bertz CT molecular complexity index is 342. The summed E-state index contributed by atoms with van der Waals surface area (Å²) in [7, 11) is 1.57. The maximum Gasteiger partial charge on any atom is 0.136 e. The highest BCUT2D eigenvalue weighted by molar-refractivity contribution is 5.45. The highest BCUT2D eigenvalue weighted by Crippen LogP contribution is 2.19. The molecular formula is C11H14N2O. The van der Waals surface area contributed by atoms with Gasteiger partial charge in [0.1, 0.15) is 11.8 Å². The molecule has 0 fully saturated rings. The van der Waals surface area contributed by atoms with Gasteiger partial charge in [0.2, 0.25) is 0 Å². The number of rotatable bonds is 4. The zero-order chi connectivity index (χ0) is 10.4. The SMILES string of the molecule is COc1ccc(CCCN)cc1C#N. The number of nitrogens with two attached hydrogens (primary N) is 1. The smallest absolute Gasteiger partial charge is 0.136 e. The lowest BCUT2D eigenvalue weighted by Crippen LogP contribution is -2.00. The highest BCUT2D eigenvalue weighted by atomic mass is 16.5. The van der Waals surface area contributed by atoms with E-state index in [0.717, 1.165) is 18.4 Å². The Balaban J connectivity index is 2.86. The van der Waals surface area contributed by atoms with Gasteiger partial charge in [0.15, 0.2) is 0 Å². The average molecular weight is 190 g/mol. The third kappa shape index (κ3) is 2.48. The van der Waals surface area contributed by atoms with Crippen LogP contribution in [0.1, 0.15) is 17.5 Å². The predicted octanol–water partition coefficient (Wildman–Crippen LogP) is 1.46. The number of aryl methyl sites for hydroxylation is 1. The summed E-state index contributed by atoms with van der Waals surface area (Å²) in [5.41, 5.74) is 7.13. The second-order valence-corrected chi connectivity index (χ2v) is 3.04. The summed E-state index contributed by atoms with van der Waals surface area (Å²) in [6.45, 7) is 0.675. The van der Waals surface area contributed by atoms with Crippen molar-refractivity contribution in [3.63, 3.8) is 0 Å². The summed E-state index contributed by atoms with van der Waals surface area (Å²) in [5.74, 6) is 0.629. The molecule has 74 valence electrons. The van der Waals surface area contributed by atoms with Gasteiger partial charge in [-0.25, -0.2) is 0 Å². The maximum absolute atomic E-state index is 8.84. The van der Waals surface area contributed by atoms with Gasteiger partial charge in [0, 0.05) is 0 Å². The van der Waals surface area contributed by atoms with Gasteiger partial charge in [0.05, 0.1) is 12.7 Å². The van der Waals surface area contributed by atoms with E-state index in [2.05, 4.69) is 6.07 Å². The summed E-state index contributed by atoms with van der Waals surface area (Å²) in [5, 5.41) is 8.84. The van der Waals surface area contributed by atoms with E-state index >= 15 is 0 Å². The fraction of sp³-hybridized carbons (Fsp3) is 0.364. The molecule has 0 aliphatic carbocycles. The van der Waals surface area contributed by atoms with Crippen LogP contribution in [0.2, 0.25) is 0 Å². The van der Waals surface area contributed by atoms with Crippen LogP contribution in [0.3, 0.4) is 0 Å². The molecule has 0 unspecified atom stereocenters. The fourth-order valence-electron chi connectivity index (χ4n) is 1.30. The Labute approximate surface area is 84.1 Å². The van der Waals surface area contributed by atoms with Gasteiger partial charge in [0.25, 0.3) is 0 Å². The molecule has 0 aromatic heterocycles. The Kier molecular flexibility index (Phi) is 3.96. The van der Waals surface area contributed by atoms with Crippen molar-refractivity contribution in [2.75, 3.05) is 13.7 Å². The van der Waals surface area contributed by atoms with Crippen LogP contribution in [0.5, 0.6) is 5.75 Å². The number of methoxy groups -OCH3 is 1. The average Bonchev–Trinajstić information content (AvgIpc) is 2.25. The lowest BCUT2D eigenvalue weighted by Gasteiger charge is -2.04. The van der Waals surface area contributed by atoms with Crippen LogP contribution in [0.15, 0.2) is 18.2 Å². The van der Waals surface area contributed by atoms with Crippen molar-refractivity contribution in [2.45, 2.75) is 12.8 Å². The Hall–Kier alpha value is -1.53. The van der Waals surface area contributed by atoms with Crippen molar-refractivity contribution in [1.82, 2.24) is 0 Å². The van der Waals surface area contributed by atoms with Crippen molar-refractivity contribution in [3.8, 4) is 11.8 Å². The molecule has 0 aliphatic rings. The van der Waals surface area contributed by atoms with E-state index in [0.29, 0.717) is 17.9 Å². The summed E-state index contributed by atoms with van der Waals surface area (Å²) in [6, 6.07) is 7.75. The van der Waals surface area contributed by atoms with Crippen molar-refractivity contribution < 1.29 is 4.74 Å². The molecular weight excluding hydrogens is 176 g/mol. The standard InChI is InChI=1S/C11H14N2O/c1-14-11-5-4-9(3-2-6-12)7-10(11)8-13/h4-5,7H,2-3,6,12H2,1H3. The molecule has 0 saturated carbocycles. The number of hydrogen-bond donors (Lipinski definition) is 1. The summed E-state index contributed by atoms with van der Waals surface area (Å²) < 4.78 is 5.05. The van der Waals surface area contributed by atoms with E-state index < -0.39 is 0 Å². The molecule has 0 amide bonds. The van der Waals surface area contributed by atoms with E-state index in [4.69, 9.17) is 15.7 Å². The van der Waals surface area contributed by atoms with Crippen molar-refractivity contribution in [3.05, 3.63) is 29.3 Å². The monoisotopic (exact) mass is 190 g/mol. The molecule has 2 N–H and O–H groups in total. The zero-order valence-electron chi connectivity index (χ0n) is 8.29. The number of nitrogens with zero attached hydrogens (tertiary/aromatic N) is 1. The van der Waals surface area contributed by atoms with Crippen LogP contribution in [-0.4, -0.2) is 13.7 Å². The number of nitriles is 1. The minimum Gasteiger partial charge on any atom is -0.495 e. The van der Waals surface area contributed by atoms with Gasteiger partial charge < -0.3 is 10.5 Å². The first-order valence-corrected chi connectivity index (χ1v) is 4.59. The topological polar surface area (TPSA) is 59.0 Å². The van der Waals surface area contributed by atoms with Crippen LogP contribution < -0.4 is 10.5 Å². The van der Waals surface area contributed by atoms with Gasteiger partial charge in [-0.1, -0.05) is 6.07 Å². The highest BCUT2D eigenvalue weighted by Gasteiger charge is 2.02. The second kappa shape index (κ2) is 5.25. The molecule has 0 atom stereocenters. The Morgan fingerprint density at radius 2 is 2.29 bits per heavy atom. The van der Waals surface area contributed by atoms with E-state index in [1.807, 2.05) is 18.2 Å². The summed E-state index contributed by atoms with van der Waals surface area (Å²) >= 11 is 0. The van der Waals surface area contributed by atoms with Crippen LogP contribution in [-0.2, 0) is 6.42 Å². The van der Waals surface area contributed by atoms with Gasteiger partial charge >= 0.3 is 0 Å². The van der Waals surface area contributed by atoms with Gasteiger partial charge in [-0.05, 0) is 37.1 Å². The number of benzene rings is 1. The number of ether oxygens (including phenoxy) is 1. The lowest BCUT2D eigenvalue weighted by molar-refractivity contribution is 0.413. The second-order valence-electron chi connectivity index (χ2n) is 3.04. The van der Waals surface area contributed by atoms with Crippen molar-refractivity contribution >= 4 is 0 Å². The Morgan fingerprint density at radius 3 is 2.86 bits per heavy atom. The molecule has 0 saturated heterocycles. The first-order chi connectivity index (χ1) is 6.81. The molecule has 1 rings (SSSR count). The number of hydrogen-bond acceptors (Lipinski definition) is 3. The zero-order valence-corrected chi connectivity index (χ0v) is 8.29. The maximum atomic E-state index is 8.84. The van der Waals surface area contributed by atoms with Crippen LogP contribution in [0.25, 0.3) is 0 Å². The summed E-state index contributed by atoms with van der Waals surface area (Å²) in [6.07, 6.45) is 1.85. The molecule has 1 aromatic rings. The van der Waals surface area contributed by atoms with Gasteiger partial charge in [-0.2, -0.15) is 5.26 Å². The van der Waals surface area contributed by atoms with Crippen LogP contribution in [0.4, 0.5) is 0 Å². The molecule has 0 radical (unpaired) electrons. The molecule has 0 aliphatic heterocycles. The third-order valence-corrected chi connectivity index (χ3v) is 2.05. The Morgan fingerprint density at radius 1 is 1.50 bits per heavy atom. The predicted molar refractivity (Wildman–Crippen MR) is 55.1 cm³/mol. The summed E-state index contributed by atoms with van der Waals surface area (Å²) in [4.78, 5) is 0. The quantitative estimate of drug-likeness (QED) is 0.781. The van der Waals surface area contributed by atoms with E-state index in [1.165, 1.54) is 0 Å². The van der Waals surface area contributed by atoms with Crippen molar-refractivity contribution in [1.29, 1.82) is 5.26 Å². The lowest BCUT2D eigenvalue weighted by atomic mass is 10.1. The van der Waals surface area contributed by atoms with E-state index in [9.17, 15) is 0 Å². The molecule has 0 heterocycles. The largest absolute Gasteiger partial charge is 0.495 e. The molecule has 3 nitrogen and oxygen atoms in total. The molecule has 0 spiro atoms. The molecule has 0 bridgehead atoms. The molecule has 14 heavy (non-hydrogen) atoms. The fourth-order valence-corrected chi connectivity index (χ4v) is 1.30. The molecule has 3 heteroatoms. The minimum atomic E-state index is 0.585. The normalized spacial score (nSPS) is 9.50. The van der Waals surface area contributed by atoms with Crippen LogP contribution >= 0.6 is 0 Å². The van der Waals surface area contributed by atoms with Gasteiger partial charge in [-0.3, -0.25) is 0 Å². The minimum absolute atomic E-state index is 0.585. The van der Waals surface area contributed by atoms with Gasteiger partial charge in [-0.15, -0.1) is 0 Å². The van der Waals surface area contributed by atoms with Crippen molar-refractivity contribution in [2.24, 2.45) is 5.73 Å². The third-order valence-electron chi connectivity index (χ3n) is 2.05. The van der Waals surface area contributed by atoms with E-state index in [1.54, 1.807) is 7.11 Å². The first kappa shape index (κ1) is 10.6. The molecule has 1 aromatic carbocycles.